The Bertz CT molecular complexity index is 961. The number of nitrogens with one attached hydrogen (secondary N) is 1. The summed E-state index contributed by atoms with van der Waals surface area (Å²) in [5.41, 5.74) is -0.115. The molecule has 3 rings (SSSR count). The third-order valence-corrected chi connectivity index (χ3v) is 5.81. The van der Waals surface area contributed by atoms with Crippen LogP contribution in [0.1, 0.15) is 12.8 Å². The van der Waals surface area contributed by atoms with Crippen molar-refractivity contribution in [1.82, 2.24) is 4.31 Å². The summed E-state index contributed by atoms with van der Waals surface area (Å²) < 4.78 is 52.7. The van der Waals surface area contributed by atoms with Crippen LogP contribution in [0.4, 0.5) is 14.5 Å². The van der Waals surface area contributed by atoms with Crippen LogP contribution in [0.15, 0.2) is 53.4 Å². The van der Waals surface area contributed by atoms with Crippen LogP contribution in [0, 0.1) is 11.6 Å². The smallest absolute Gasteiger partial charge is 0.267 e. The average molecular weight is 380 g/mol. The fraction of sp³-hybridized carbons (Fsp3) is 0.176. The monoisotopic (exact) mass is 380 g/mol. The van der Waals surface area contributed by atoms with E-state index in [9.17, 15) is 26.8 Å². The number of hydrogen-bond donors (Lipinski definition) is 1. The van der Waals surface area contributed by atoms with Gasteiger partial charge in [-0.25, -0.2) is 21.5 Å². The van der Waals surface area contributed by atoms with Gasteiger partial charge in [0.25, 0.3) is 10.0 Å². The molecular formula is C17H14F2N2O4S. The summed E-state index contributed by atoms with van der Waals surface area (Å²) in [7, 11) is -4.34. The number of halogens is 2. The lowest BCUT2D eigenvalue weighted by atomic mass is 10.2. The van der Waals surface area contributed by atoms with Crippen molar-refractivity contribution in [3.63, 3.8) is 0 Å². The molecule has 9 heteroatoms. The fourth-order valence-corrected chi connectivity index (χ4v) is 4.30. The lowest BCUT2D eigenvalue weighted by Crippen LogP contribution is -2.45. The number of benzene rings is 2. The second-order valence-corrected chi connectivity index (χ2v) is 7.49. The van der Waals surface area contributed by atoms with Gasteiger partial charge in [0.15, 0.2) is 0 Å². The van der Waals surface area contributed by atoms with E-state index < -0.39 is 39.5 Å². The van der Waals surface area contributed by atoms with Crippen LogP contribution in [-0.4, -0.2) is 30.6 Å². The van der Waals surface area contributed by atoms with Crippen molar-refractivity contribution < 1.29 is 26.8 Å². The average Bonchev–Trinajstić information content (AvgIpc) is 3.00. The van der Waals surface area contributed by atoms with Crippen molar-refractivity contribution >= 4 is 27.5 Å². The zero-order chi connectivity index (χ0) is 18.9. The summed E-state index contributed by atoms with van der Waals surface area (Å²) in [5, 5.41) is 2.30. The number of hydrogen-bond acceptors (Lipinski definition) is 4. The van der Waals surface area contributed by atoms with Gasteiger partial charge in [-0.2, -0.15) is 0 Å². The van der Waals surface area contributed by atoms with Gasteiger partial charge in [0, 0.05) is 6.42 Å². The minimum absolute atomic E-state index is 0.0282. The SMILES string of the molecule is O=C(Nc1ccccc1F)[C@@H]1CCC(=O)N1S(=O)(=O)c1ccc(F)cc1. The van der Waals surface area contributed by atoms with E-state index in [0.29, 0.717) is 4.31 Å². The van der Waals surface area contributed by atoms with E-state index in [4.69, 9.17) is 0 Å². The zero-order valence-corrected chi connectivity index (χ0v) is 14.2. The van der Waals surface area contributed by atoms with E-state index in [1.54, 1.807) is 0 Å². The molecule has 0 radical (unpaired) electrons. The maximum absolute atomic E-state index is 13.7. The molecule has 0 unspecified atom stereocenters. The van der Waals surface area contributed by atoms with Crippen molar-refractivity contribution in [3.05, 3.63) is 60.2 Å². The first-order valence-electron chi connectivity index (χ1n) is 7.69. The molecular weight excluding hydrogens is 366 g/mol. The van der Waals surface area contributed by atoms with Crippen LogP contribution < -0.4 is 5.32 Å². The maximum atomic E-state index is 13.7. The topological polar surface area (TPSA) is 83.6 Å². The van der Waals surface area contributed by atoms with Gasteiger partial charge in [-0.3, -0.25) is 9.59 Å². The molecule has 1 aliphatic rings. The molecule has 0 aliphatic carbocycles. The molecule has 1 atom stereocenters. The van der Waals surface area contributed by atoms with Gasteiger partial charge in [0.2, 0.25) is 11.8 Å². The van der Waals surface area contributed by atoms with E-state index in [2.05, 4.69) is 5.32 Å². The molecule has 1 saturated heterocycles. The van der Waals surface area contributed by atoms with Gasteiger partial charge in [-0.05, 0) is 42.8 Å². The highest BCUT2D eigenvalue weighted by Gasteiger charge is 2.44. The van der Waals surface area contributed by atoms with Gasteiger partial charge >= 0.3 is 0 Å². The lowest BCUT2D eigenvalue weighted by Gasteiger charge is -2.23. The van der Waals surface area contributed by atoms with Crippen molar-refractivity contribution in [2.45, 2.75) is 23.8 Å². The van der Waals surface area contributed by atoms with Gasteiger partial charge < -0.3 is 5.32 Å². The largest absolute Gasteiger partial charge is 0.322 e. The third-order valence-electron chi connectivity index (χ3n) is 3.97. The molecule has 0 spiro atoms. The molecule has 1 N–H and O–H groups in total. The van der Waals surface area contributed by atoms with Crippen LogP contribution in [0.25, 0.3) is 0 Å². The minimum atomic E-state index is -4.34. The Kier molecular flexibility index (Phi) is 4.73. The minimum Gasteiger partial charge on any atom is -0.322 e. The second-order valence-electron chi connectivity index (χ2n) is 5.67. The van der Waals surface area contributed by atoms with Crippen molar-refractivity contribution in [3.8, 4) is 0 Å². The molecule has 6 nitrogen and oxygen atoms in total. The molecule has 2 amide bonds. The van der Waals surface area contributed by atoms with Crippen LogP contribution >= 0.6 is 0 Å². The van der Waals surface area contributed by atoms with Gasteiger partial charge in [0.1, 0.15) is 17.7 Å². The summed E-state index contributed by atoms with van der Waals surface area (Å²) in [6.45, 7) is 0. The number of para-hydroxylation sites is 1. The number of rotatable bonds is 4. The van der Waals surface area contributed by atoms with E-state index in [-0.39, 0.29) is 23.4 Å². The molecule has 0 bridgehead atoms. The van der Waals surface area contributed by atoms with Crippen LogP contribution in [0.3, 0.4) is 0 Å². The number of nitrogens with zero attached hydrogens (tertiary/aromatic N) is 1. The van der Waals surface area contributed by atoms with Crippen molar-refractivity contribution in [2.75, 3.05) is 5.32 Å². The third kappa shape index (κ3) is 3.30. The molecule has 0 saturated carbocycles. The molecule has 0 aromatic heterocycles. The number of carbonyl (C=O) groups is 2. The Morgan fingerprint density at radius 3 is 2.38 bits per heavy atom. The summed E-state index contributed by atoms with van der Waals surface area (Å²) in [6.07, 6.45) is -0.171. The van der Waals surface area contributed by atoms with Gasteiger partial charge in [-0.15, -0.1) is 0 Å². The Labute approximate surface area is 148 Å². The first-order valence-corrected chi connectivity index (χ1v) is 9.13. The first-order chi connectivity index (χ1) is 12.3. The molecule has 1 aliphatic heterocycles. The Balaban J connectivity index is 1.90. The molecule has 136 valence electrons. The number of carbonyl (C=O) groups excluding carboxylic acids is 2. The highest BCUT2D eigenvalue weighted by Crippen LogP contribution is 2.28. The van der Waals surface area contributed by atoms with E-state index >= 15 is 0 Å². The molecule has 26 heavy (non-hydrogen) atoms. The quantitative estimate of drug-likeness (QED) is 0.882. The van der Waals surface area contributed by atoms with Crippen LogP contribution in [0.5, 0.6) is 0 Å². The van der Waals surface area contributed by atoms with Crippen LogP contribution in [-0.2, 0) is 19.6 Å². The Hall–Kier alpha value is -2.81. The Morgan fingerprint density at radius 2 is 1.73 bits per heavy atom. The van der Waals surface area contributed by atoms with E-state index in [1.165, 1.54) is 18.2 Å². The van der Waals surface area contributed by atoms with Crippen LogP contribution in [0.2, 0.25) is 0 Å². The number of amides is 2. The highest BCUT2D eigenvalue weighted by molar-refractivity contribution is 7.89. The fourth-order valence-electron chi connectivity index (χ4n) is 2.70. The van der Waals surface area contributed by atoms with E-state index in [0.717, 1.165) is 30.3 Å². The Morgan fingerprint density at radius 1 is 1.08 bits per heavy atom. The predicted octanol–water partition coefficient (Wildman–Crippen LogP) is 2.28. The highest BCUT2D eigenvalue weighted by atomic mass is 32.2. The van der Waals surface area contributed by atoms with Gasteiger partial charge in [-0.1, -0.05) is 12.1 Å². The molecule has 2 aromatic carbocycles. The van der Waals surface area contributed by atoms with Crippen molar-refractivity contribution in [1.29, 1.82) is 0 Å². The summed E-state index contributed by atoms with van der Waals surface area (Å²) in [5.74, 6) is -2.88. The zero-order valence-electron chi connectivity index (χ0n) is 13.4. The maximum Gasteiger partial charge on any atom is 0.267 e. The molecule has 1 heterocycles. The second kappa shape index (κ2) is 6.83. The number of anilines is 1. The molecule has 2 aromatic rings. The number of sulfonamides is 1. The summed E-state index contributed by atoms with van der Waals surface area (Å²) >= 11 is 0. The predicted molar refractivity (Wildman–Crippen MR) is 88.5 cm³/mol. The first kappa shape index (κ1) is 18.0. The summed E-state index contributed by atoms with van der Waals surface area (Å²) in [6, 6.07) is 8.03. The normalized spacial score (nSPS) is 17.4. The van der Waals surface area contributed by atoms with Gasteiger partial charge in [0.05, 0.1) is 10.6 Å². The summed E-state index contributed by atoms with van der Waals surface area (Å²) in [4.78, 5) is 24.3. The molecule has 1 fully saturated rings. The lowest BCUT2D eigenvalue weighted by molar-refractivity contribution is -0.128. The van der Waals surface area contributed by atoms with Crippen molar-refractivity contribution in [2.24, 2.45) is 0 Å². The van der Waals surface area contributed by atoms with E-state index in [1.807, 2.05) is 0 Å². The standard InChI is InChI=1S/C17H14F2N2O4S/c18-11-5-7-12(8-6-11)26(24,25)21-15(9-10-16(21)22)17(23)20-14-4-2-1-3-13(14)19/h1-8,15H,9-10H2,(H,20,23)/t15-/m0/s1.